The molecule has 1 N–H and O–H groups in total. The van der Waals surface area contributed by atoms with Crippen molar-refractivity contribution < 1.29 is 4.74 Å². The van der Waals surface area contributed by atoms with Crippen LogP contribution in [0, 0.1) is 5.92 Å². The van der Waals surface area contributed by atoms with Crippen LogP contribution >= 0.6 is 0 Å². The van der Waals surface area contributed by atoms with E-state index >= 15 is 0 Å². The fraction of sp³-hybridized carbons (Fsp3) is 0.667. The van der Waals surface area contributed by atoms with Gasteiger partial charge in [0.05, 0.1) is 13.7 Å². The van der Waals surface area contributed by atoms with Crippen LogP contribution in [0.3, 0.4) is 0 Å². The lowest BCUT2D eigenvalue weighted by molar-refractivity contribution is 0.270. The summed E-state index contributed by atoms with van der Waals surface area (Å²) in [6, 6.07) is 9.10. The number of nitrogens with one attached hydrogen (secondary N) is 1. The number of likely N-dealkylation sites (N-methyl/N-ethyl adjacent to an activating group) is 1. The standard InChI is InChI=1S/C21H34N4O/c1-5-22-21(23-14-20(24(2)3)17-6-7-17)25-13-12-18(15-25)16-8-10-19(26-4)11-9-16/h8-11,17-18,20H,5-7,12-15H2,1-4H3,(H,22,23). The second-order valence-electron chi connectivity index (χ2n) is 7.77. The molecule has 1 aromatic rings. The van der Waals surface area contributed by atoms with Crippen molar-refractivity contribution in [2.45, 2.75) is 38.1 Å². The number of guanidine groups is 1. The molecule has 0 amide bonds. The Morgan fingerprint density at radius 1 is 1.27 bits per heavy atom. The predicted octanol–water partition coefficient (Wildman–Crippen LogP) is 2.79. The van der Waals surface area contributed by atoms with Crippen molar-refractivity contribution in [3.8, 4) is 5.75 Å². The molecule has 5 nitrogen and oxygen atoms in total. The summed E-state index contributed by atoms with van der Waals surface area (Å²) in [4.78, 5) is 9.77. The Morgan fingerprint density at radius 3 is 2.58 bits per heavy atom. The van der Waals surface area contributed by atoms with E-state index in [0.29, 0.717) is 12.0 Å². The Balaban J connectivity index is 1.63. The molecule has 1 saturated carbocycles. The molecule has 1 aromatic carbocycles. The van der Waals surface area contributed by atoms with Crippen LogP contribution in [0.1, 0.15) is 37.7 Å². The third-order valence-corrected chi connectivity index (χ3v) is 5.67. The third kappa shape index (κ3) is 4.70. The Bertz CT molecular complexity index is 593. The maximum atomic E-state index is 5.28. The van der Waals surface area contributed by atoms with Gasteiger partial charge < -0.3 is 19.9 Å². The fourth-order valence-corrected chi connectivity index (χ4v) is 3.92. The second-order valence-corrected chi connectivity index (χ2v) is 7.77. The van der Waals surface area contributed by atoms with Crippen molar-refractivity contribution in [2.24, 2.45) is 10.9 Å². The highest BCUT2D eigenvalue weighted by atomic mass is 16.5. The zero-order valence-corrected chi connectivity index (χ0v) is 16.7. The van der Waals surface area contributed by atoms with E-state index in [2.05, 4.69) is 60.4 Å². The molecule has 1 saturated heterocycles. The van der Waals surface area contributed by atoms with E-state index in [1.165, 1.54) is 24.8 Å². The van der Waals surface area contributed by atoms with E-state index in [1.807, 2.05) is 0 Å². The Hall–Kier alpha value is -1.75. The van der Waals surface area contributed by atoms with Crippen molar-refractivity contribution in [3.05, 3.63) is 29.8 Å². The van der Waals surface area contributed by atoms with Gasteiger partial charge in [-0.25, -0.2) is 0 Å². The molecule has 144 valence electrons. The first-order valence-electron chi connectivity index (χ1n) is 9.96. The lowest BCUT2D eigenvalue weighted by atomic mass is 9.98. The van der Waals surface area contributed by atoms with Gasteiger partial charge in [0.15, 0.2) is 5.96 Å². The van der Waals surface area contributed by atoms with Crippen LogP contribution in [0.4, 0.5) is 0 Å². The molecule has 0 bridgehead atoms. The van der Waals surface area contributed by atoms with Crippen LogP contribution in [0.2, 0.25) is 0 Å². The van der Waals surface area contributed by atoms with E-state index in [9.17, 15) is 0 Å². The van der Waals surface area contributed by atoms with Gasteiger partial charge in [-0.3, -0.25) is 4.99 Å². The van der Waals surface area contributed by atoms with Gasteiger partial charge in [0.25, 0.3) is 0 Å². The number of benzene rings is 1. The monoisotopic (exact) mass is 358 g/mol. The van der Waals surface area contributed by atoms with Crippen molar-refractivity contribution in [3.63, 3.8) is 0 Å². The highest BCUT2D eigenvalue weighted by Gasteiger charge is 2.33. The van der Waals surface area contributed by atoms with E-state index in [0.717, 1.165) is 43.8 Å². The zero-order chi connectivity index (χ0) is 18.5. The normalized spacial score (nSPS) is 22.0. The molecule has 1 aliphatic heterocycles. The summed E-state index contributed by atoms with van der Waals surface area (Å²) >= 11 is 0. The SMILES string of the molecule is CCNC(=NCC(C1CC1)N(C)C)N1CCC(c2ccc(OC)cc2)C1. The molecule has 0 aromatic heterocycles. The van der Waals surface area contributed by atoms with Crippen molar-refractivity contribution in [2.75, 3.05) is 47.4 Å². The Labute approximate surface area is 158 Å². The van der Waals surface area contributed by atoms with Crippen molar-refractivity contribution in [1.82, 2.24) is 15.1 Å². The van der Waals surface area contributed by atoms with Crippen LogP contribution in [0.25, 0.3) is 0 Å². The molecule has 1 aliphatic carbocycles. The molecular formula is C21H34N4O. The van der Waals surface area contributed by atoms with E-state index < -0.39 is 0 Å². The highest BCUT2D eigenvalue weighted by molar-refractivity contribution is 5.80. The molecule has 3 rings (SSSR count). The number of hydrogen-bond donors (Lipinski definition) is 1. The lowest BCUT2D eigenvalue weighted by Gasteiger charge is -2.25. The van der Waals surface area contributed by atoms with Gasteiger partial charge in [0.1, 0.15) is 5.75 Å². The number of aliphatic imine (C=N–C) groups is 1. The minimum Gasteiger partial charge on any atom is -0.497 e. The smallest absolute Gasteiger partial charge is 0.193 e. The number of nitrogens with zero attached hydrogens (tertiary/aromatic N) is 3. The Morgan fingerprint density at radius 2 is 2.00 bits per heavy atom. The fourth-order valence-electron chi connectivity index (χ4n) is 3.92. The summed E-state index contributed by atoms with van der Waals surface area (Å²) in [5.41, 5.74) is 1.40. The topological polar surface area (TPSA) is 40.1 Å². The van der Waals surface area contributed by atoms with Gasteiger partial charge in [0, 0.05) is 31.6 Å². The molecule has 2 aliphatic rings. The first-order chi connectivity index (χ1) is 12.6. The molecule has 26 heavy (non-hydrogen) atoms. The van der Waals surface area contributed by atoms with E-state index in [-0.39, 0.29) is 0 Å². The van der Waals surface area contributed by atoms with Crippen LogP contribution in [-0.4, -0.2) is 69.2 Å². The van der Waals surface area contributed by atoms with Crippen LogP contribution in [0.15, 0.2) is 29.3 Å². The second kappa shape index (κ2) is 8.76. The summed E-state index contributed by atoms with van der Waals surface area (Å²) < 4.78 is 5.28. The number of likely N-dealkylation sites (tertiary alicyclic amines) is 1. The van der Waals surface area contributed by atoms with Crippen LogP contribution in [-0.2, 0) is 0 Å². The number of methoxy groups -OCH3 is 1. The highest BCUT2D eigenvalue weighted by Crippen LogP contribution is 2.35. The summed E-state index contributed by atoms with van der Waals surface area (Å²) in [5, 5.41) is 3.51. The first-order valence-corrected chi connectivity index (χ1v) is 9.96. The predicted molar refractivity (Wildman–Crippen MR) is 108 cm³/mol. The number of ether oxygens (including phenoxy) is 1. The van der Waals surface area contributed by atoms with Crippen LogP contribution < -0.4 is 10.1 Å². The van der Waals surface area contributed by atoms with Gasteiger partial charge in [-0.05, 0) is 63.9 Å². The van der Waals surface area contributed by atoms with Crippen molar-refractivity contribution >= 4 is 5.96 Å². The minimum atomic E-state index is 0.567. The molecule has 2 fully saturated rings. The van der Waals surface area contributed by atoms with Crippen molar-refractivity contribution in [1.29, 1.82) is 0 Å². The quantitative estimate of drug-likeness (QED) is 0.601. The first kappa shape index (κ1) is 19.0. The Kier molecular flexibility index (Phi) is 6.41. The average Bonchev–Trinajstić information content (AvgIpc) is 3.36. The molecule has 0 radical (unpaired) electrons. The van der Waals surface area contributed by atoms with Gasteiger partial charge in [-0.2, -0.15) is 0 Å². The molecule has 2 unspecified atom stereocenters. The summed E-state index contributed by atoms with van der Waals surface area (Å²) in [6.45, 7) is 6.06. The maximum Gasteiger partial charge on any atom is 0.193 e. The number of rotatable bonds is 7. The largest absolute Gasteiger partial charge is 0.497 e. The van der Waals surface area contributed by atoms with E-state index in [4.69, 9.17) is 9.73 Å². The summed E-state index contributed by atoms with van der Waals surface area (Å²) in [5.74, 6) is 3.41. The van der Waals surface area contributed by atoms with Gasteiger partial charge >= 0.3 is 0 Å². The number of hydrogen-bond acceptors (Lipinski definition) is 3. The van der Waals surface area contributed by atoms with Crippen LogP contribution in [0.5, 0.6) is 5.75 Å². The summed E-state index contributed by atoms with van der Waals surface area (Å²) in [7, 11) is 6.08. The molecule has 2 atom stereocenters. The molecule has 5 heteroatoms. The van der Waals surface area contributed by atoms with Gasteiger partial charge in [-0.1, -0.05) is 12.1 Å². The zero-order valence-electron chi connectivity index (χ0n) is 16.7. The maximum absolute atomic E-state index is 5.28. The average molecular weight is 359 g/mol. The van der Waals surface area contributed by atoms with Gasteiger partial charge in [-0.15, -0.1) is 0 Å². The molecule has 1 heterocycles. The van der Waals surface area contributed by atoms with E-state index in [1.54, 1.807) is 7.11 Å². The molecular weight excluding hydrogens is 324 g/mol. The third-order valence-electron chi connectivity index (χ3n) is 5.67. The summed E-state index contributed by atoms with van der Waals surface area (Å²) in [6.07, 6.45) is 3.90. The lowest BCUT2D eigenvalue weighted by Crippen LogP contribution is -2.41. The molecule has 0 spiro atoms. The van der Waals surface area contributed by atoms with Gasteiger partial charge in [0.2, 0.25) is 0 Å². The minimum absolute atomic E-state index is 0.567.